The number of carbonyl (C=O) groups is 1. The van der Waals surface area contributed by atoms with E-state index in [4.69, 9.17) is 4.74 Å². The van der Waals surface area contributed by atoms with E-state index in [0.717, 1.165) is 11.4 Å². The molecule has 110 valence electrons. The molecule has 0 fully saturated rings. The quantitative estimate of drug-likeness (QED) is 0.944. The Labute approximate surface area is 128 Å². The van der Waals surface area contributed by atoms with Gasteiger partial charge in [0.1, 0.15) is 0 Å². The number of anilines is 1. The number of rotatable bonds is 3. The molecule has 1 aromatic carbocycles. The second-order valence-electron chi connectivity index (χ2n) is 5.19. The van der Waals surface area contributed by atoms with Crippen molar-refractivity contribution < 1.29 is 9.53 Å². The van der Waals surface area contributed by atoms with E-state index in [9.17, 15) is 4.79 Å². The number of thiophene rings is 1. The van der Waals surface area contributed by atoms with E-state index in [0.29, 0.717) is 13.2 Å². The summed E-state index contributed by atoms with van der Waals surface area (Å²) < 4.78 is 5.84. The number of hydrogen-bond acceptors (Lipinski definition) is 3. The van der Waals surface area contributed by atoms with Crippen LogP contribution >= 0.6 is 11.3 Å². The van der Waals surface area contributed by atoms with Gasteiger partial charge in [0, 0.05) is 20.0 Å². The number of likely N-dealkylation sites (N-methyl/N-ethyl adjacent to an activating group) is 1. The molecule has 21 heavy (non-hydrogen) atoms. The Kier molecular flexibility index (Phi) is 4.22. The third kappa shape index (κ3) is 3.43. The summed E-state index contributed by atoms with van der Waals surface area (Å²) in [5.41, 5.74) is 2.57. The molecule has 5 heteroatoms. The van der Waals surface area contributed by atoms with Gasteiger partial charge in [-0.25, -0.2) is 4.79 Å². The summed E-state index contributed by atoms with van der Waals surface area (Å²) >= 11 is 1.52. The molecule has 0 radical (unpaired) electrons. The average molecular weight is 302 g/mol. The van der Waals surface area contributed by atoms with Crippen LogP contribution in [0, 0.1) is 0 Å². The highest BCUT2D eigenvalue weighted by Crippen LogP contribution is 2.21. The van der Waals surface area contributed by atoms with Gasteiger partial charge in [-0.15, -0.1) is 11.3 Å². The molecule has 0 aliphatic carbocycles. The predicted molar refractivity (Wildman–Crippen MR) is 84.7 cm³/mol. The van der Waals surface area contributed by atoms with E-state index in [-0.39, 0.29) is 12.1 Å². The minimum absolute atomic E-state index is 0.0546. The zero-order valence-electron chi connectivity index (χ0n) is 11.9. The van der Waals surface area contributed by atoms with Crippen molar-refractivity contribution in [2.24, 2.45) is 0 Å². The first-order valence-electron chi connectivity index (χ1n) is 6.96. The summed E-state index contributed by atoms with van der Waals surface area (Å²) in [7, 11) is 1.80. The van der Waals surface area contributed by atoms with Crippen molar-refractivity contribution >= 4 is 22.4 Å². The number of nitrogens with one attached hydrogen (secondary N) is 1. The Bertz CT molecular complexity index is 612. The zero-order chi connectivity index (χ0) is 14.7. The molecule has 0 spiro atoms. The molecule has 1 aromatic heterocycles. The molecule has 1 N–H and O–H groups in total. The van der Waals surface area contributed by atoms with Crippen LogP contribution in [-0.2, 0) is 17.8 Å². The van der Waals surface area contributed by atoms with Gasteiger partial charge in [0.2, 0.25) is 0 Å². The molecule has 2 aromatic rings. The fourth-order valence-corrected chi connectivity index (χ4v) is 3.07. The monoisotopic (exact) mass is 302 g/mol. The summed E-state index contributed by atoms with van der Waals surface area (Å²) in [6, 6.07) is 12.0. The summed E-state index contributed by atoms with van der Waals surface area (Å²) in [6.45, 7) is 1.22. The Balaban J connectivity index is 1.56. The van der Waals surface area contributed by atoms with Gasteiger partial charge in [-0.3, -0.25) is 5.32 Å². The van der Waals surface area contributed by atoms with E-state index in [1.807, 2.05) is 23.6 Å². The van der Waals surface area contributed by atoms with Crippen molar-refractivity contribution in [1.82, 2.24) is 4.90 Å². The highest BCUT2D eigenvalue weighted by molar-refractivity contribution is 7.14. The number of urea groups is 1. The molecule has 2 amide bonds. The second kappa shape index (κ2) is 6.28. The first kappa shape index (κ1) is 14.1. The van der Waals surface area contributed by atoms with Gasteiger partial charge in [0.05, 0.1) is 17.7 Å². The maximum absolute atomic E-state index is 12.1. The Morgan fingerprint density at radius 3 is 2.90 bits per heavy atom. The topological polar surface area (TPSA) is 41.6 Å². The molecular formula is C16H18N2O2S. The number of hydrogen-bond donors (Lipinski definition) is 1. The van der Waals surface area contributed by atoms with Gasteiger partial charge in [-0.2, -0.15) is 0 Å². The van der Waals surface area contributed by atoms with E-state index < -0.39 is 0 Å². The van der Waals surface area contributed by atoms with E-state index in [1.165, 1.54) is 22.5 Å². The third-order valence-corrected chi connectivity index (χ3v) is 4.40. The molecule has 0 saturated heterocycles. The summed E-state index contributed by atoms with van der Waals surface area (Å²) in [5.74, 6) is 0. The van der Waals surface area contributed by atoms with Gasteiger partial charge < -0.3 is 9.64 Å². The van der Waals surface area contributed by atoms with Crippen LogP contribution < -0.4 is 5.32 Å². The number of fused-ring (bicyclic) bond motifs is 1. The minimum atomic E-state index is -0.0973. The van der Waals surface area contributed by atoms with Gasteiger partial charge in [-0.1, -0.05) is 24.3 Å². The van der Waals surface area contributed by atoms with Crippen LogP contribution in [0.2, 0.25) is 0 Å². The number of ether oxygens (including phenoxy) is 1. The van der Waals surface area contributed by atoms with Crippen LogP contribution in [0.3, 0.4) is 0 Å². The number of nitrogens with zero attached hydrogens (tertiary/aromatic N) is 1. The third-order valence-electron chi connectivity index (χ3n) is 3.62. The van der Waals surface area contributed by atoms with Gasteiger partial charge in [-0.05, 0) is 28.6 Å². The van der Waals surface area contributed by atoms with E-state index in [1.54, 1.807) is 11.9 Å². The highest BCUT2D eigenvalue weighted by Gasteiger charge is 2.22. The highest BCUT2D eigenvalue weighted by atomic mass is 32.1. The predicted octanol–water partition coefficient (Wildman–Crippen LogP) is 3.35. The van der Waals surface area contributed by atoms with E-state index >= 15 is 0 Å². The molecule has 0 saturated carbocycles. The van der Waals surface area contributed by atoms with Crippen molar-refractivity contribution in [1.29, 1.82) is 0 Å². The van der Waals surface area contributed by atoms with Gasteiger partial charge in [0.15, 0.2) is 0 Å². The standard InChI is InChI=1S/C16H18N2O2S/c1-18(16(19)17-15-7-4-8-21-15)10-14-9-12-5-2-3-6-13(12)11-20-14/h2-8,14H,9-11H2,1H3,(H,17,19)/t14-/m0/s1. The zero-order valence-corrected chi connectivity index (χ0v) is 12.7. The van der Waals surface area contributed by atoms with Crippen molar-refractivity contribution in [2.75, 3.05) is 18.9 Å². The van der Waals surface area contributed by atoms with Crippen molar-refractivity contribution in [3.05, 3.63) is 52.9 Å². The van der Waals surface area contributed by atoms with Crippen LogP contribution in [0.15, 0.2) is 41.8 Å². The van der Waals surface area contributed by atoms with Crippen LogP contribution in [-0.4, -0.2) is 30.6 Å². The first-order chi connectivity index (χ1) is 10.2. The summed E-state index contributed by atoms with van der Waals surface area (Å²) in [4.78, 5) is 13.8. The Morgan fingerprint density at radius 2 is 2.14 bits per heavy atom. The molecule has 1 atom stereocenters. The van der Waals surface area contributed by atoms with E-state index in [2.05, 4.69) is 23.5 Å². The lowest BCUT2D eigenvalue weighted by Crippen LogP contribution is -2.40. The molecule has 1 aliphatic heterocycles. The molecule has 3 rings (SSSR count). The number of amides is 2. The summed E-state index contributed by atoms with van der Waals surface area (Å²) in [6.07, 6.45) is 0.909. The molecule has 0 unspecified atom stereocenters. The van der Waals surface area contributed by atoms with Gasteiger partial charge in [0.25, 0.3) is 0 Å². The van der Waals surface area contributed by atoms with Crippen LogP contribution in [0.1, 0.15) is 11.1 Å². The minimum Gasteiger partial charge on any atom is -0.371 e. The molecule has 4 nitrogen and oxygen atoms in total. The SMILES string of the molecule is CN(C[C@@H]1Cc2ccccc2CO1)C(=O)Nc1cccs1. The van der Waals surface area contributed by atoms with Crippen molar-refractivity contribution in [3.8, 4) is 0 Å². The van der Waals surface area contributed by atoms with Crippen LogP contribution in [0.5, 0.6) is 0 Å². The number of benzene rings is 1. The normalized spacial score (nSPS) is 17.1. The fraction of sp³-hybridized carbons (Fsp3) is 0.312. The maximum Gasteiger partial charge on any atom is 0.322 e. The van der Waals surface area contributed by atoms with Gasteiger partial charge >= 0.3 is 6.03 Å². The lowest BCUT2D eigenvalue weighted by atomic mass is 9.99. The van der Waals surface area contributed by atoms with Crippen LogP contribution in [0.25, 0.3) is 0 Å². The maximum atomic E-state index is 12.1. The largest absolute Gasteiger partial charge is 0.371 e. The smallest absolute Gasteiger partial charge is 0.322 e. The number of carbonyl (C=O) groups excluding carboxylic acids is 1. The second-order valence-corrected chi connectivity index (χ2v) is 6.14. The molecule has 2 heterocycles. The molecule has 1 aliphatic rings. The Morgan fingerprint density at radius 1 is 1.33 bits per heavy atom. The first-order valence-corrected chi connectivity index (χ1v) is 7.84. The lowest BCUT2D eigenvalue weighted by molar-refractivity contribution is 0.0159. The Hall–Kier alpha value is -1.85. The molecular weight excluding hydrogens is 284 g/mol. The van der Waals surface area contributed by atoms with Crippen molar-refractivity contribution in [3.63, 3.8) is 0 Å². The van der Waals surface area contributed by atoms with Crippen molar-refractivity contribution in [2.45, 2.75) is 19.1 Å². The lowest BCUT2D eigenvalue weighted by Gasteiger charge is -2.29. The fourth-order valence-electron chi connectivity index (χ4n) is 2.47. The summed E-state index contributed by atoms with van der Waals surface area (Å²) in [5, 5.41) is 5.68. The molecule has 0 bridgehead atoms. The van der Waals surface area contributed by atoms with Crippen LogP contribution in [0.4, 0.5) is 9.80 Å². The average Bonchev–Trinajstić information content (AvgIpc) is 3.00.